The van der Waals surface area contributed by atoms with Crippen molar-refractivity contribution in [2.45, 2.75) is 13.0 Å². The predicted octanol–water partition coefficient (Wildman–Crippen LogP) is 2.32. The minimum Gasteiger partial charge on any atom is -0.370 e. The highest BCUT2D eigenvalue weighted by atomic mass is 16.5. The predicted molar refractivity (Wildman–Crippen MR) is 95.2 cm³/mol. The molecule has 2 aromatic carbocycles. The highest BCUT2D eigenvalue weighted by Gasteiger charge is 2.25. The molecule has 0 spiro atoms. The molecule has 1 atom stereocenters. The summed E-state index contributed by atoms with van der Waals surface area (Å²) in [6, 6.07) is 17.2. The van der Waals surface area contributed by atoms with Gasteiger partial charge in [0, 0.05) is 12.1 Å². The largest absolute Gasteiger partial charge is 0.370 e. The second-order valence-electron chi connectivity index (χ2n) is 6.11. The second kappa shape index (κ2) is 7.94. The number of hydrogen-bond donors (Lipinski definition) is 1. The molecule has 3 rings (SSSR count). The number of amides is 2. The smallest absolute Gasteiger partial charge is 0.251 e. The molecule has 1 aliphatic heterocycles. The van der Waals surface area contributed by atoms with Crippen molar-refractivity contribution in [1.82, 2.24) is 10.2 Å². The SMILES string of the molecule is Cc1ccccc1C(=O)NCC(=O)N1CCO[C@H](c2ccccc2)C1. The minimum atomic E-state index is -0.223. The van der Waals surface area contributed by atoms with Crippen LogP contribution in [0.15, 0.2) is 54.6 Å². The lowest BCUT2D eigenvalue weighted by atomic mass is 10.1. The number of nitrogens with zero attached hydrogens (tertiary/aromatic N) is 1. The lowest BCUT2D eigenvalue weighted by Gasteiger charge is -2.33. The number of ether oxygens (including phenoxy) is 1. The van der Waals surface area contributed by atoms with Crippen LogP contribution >= 0.6 is 0 Å². The molecule has 25 heavy (non-hydrogen) atoms. The van der Waals surface area contributed by atoms with Crippen LogP contribution in [0, 0.1) is 6.92 Å². The normalized spacial score (nSPS) is 17.2. The molecule has 0 bridgehead atoms. The van der Waals surface area contributed by atoms with Crippen molar-refractivity contribution in [2.75, 3.05) is 26.2 Å². The lowest BCUT2D eigenvalue weighted by molar-refractivity contribution is -0.137. The van der Waals surface area contributed by atoms with Crippen LogP contribution in [0.3, 0.4) is 0 Å². The van der Waals surface area contributed by atoms with E-state index in [9.17, 15) is 9.59 Å². The summed E-state index contributed by atoms with van der Waals surface area (Å²) < 4.78 is 5.77. The topological polar surface area (TPSA) is 58.6 Å². The van der Waals surface area contributed by atoms with Crippen molar-refractivity contribution in [2.24, 2.45) is 0 Å². The summed E-state index contributed by atoms with van der Waals surface area (Å²) in [5.74, 6) is -0.314. The van der Waals surface area contributed by atoms with Gasteiger partial charge in [-0.2, -0.15) is 0 Å². The van der Waals surface area contributed by atoms with Gasteiger partial charge < -0.3 is 15.0 Å². The first-order chi connectivity index (χ1) is 12.1. The van der Waals surface area contributed by atoms with Crippen molar-refractivity contribution in [3.8, 4) is 0 Å². The first kappa shape index (κ1) is 17.2. The van der Waals surface area contributed by atoms with E-state index in [0.29, 0.717) is 25.3 Å². The molecule has 1 saturated heterocycles. The Morgan fingerprint density at radius 1 is 1.12 bits per heavy atom. The molecule has 0 unspecified atom stereocenters. The number of nitrogens with one attached hydrogen (secondary N) is 1. The zero-order chi connectivity index (χ0) is 17.6. The summed E-state index contributed by atoms with van der Waals surface area (Å²) in [7, 11) is 0. The van der Waals surface area contributed by atoms with Crippen LogP contribution in [-0.4, -0.2) is 43.0 Å². The van der Waals surface area contributed by atoms with Crippen molar-refractivity contribution in [3.05, 3.63) is 71.3 Å². The number of hydrogen-bond acceptors (Lipinski definition) is 3. The number of aryl methyl sites for hydroxylation is 1. The molecular formula is C20H22N2O3. The number of benzene rings is 2. The molecule has 0 aliphatic carbocycles. The molecule has 0 saturated carbocycles. The van der Waals surface area contributed by atoms with Crippen LogP contribution in [0.25, 0.3) is 0 Å². The van der Waals surface area contributed by atoms with Crippen LogP contribution in [0.1, 0.15) is 27.6 Å². The number of carbonyl (C=O) groups is 2. The molecule has 2 aromatic rings. The van der Waals surface area contributed by atoms with Crippen molar-refractivity contribution < 1.29 is 14.3 Å². The van der Waals surface area contributed by atoms with Gasteiger partial charge in [0.2, 0.25) is 5.91 Å². The minimum absolute atomic E-state index is 0.00528. The van der Waals surface area contributed by atoms with E-state index in [4.69, 9.17) is 4.74 Å². The monoisotopic (exact) mass is 338 g/mol. The Bertz CT molecular complexity index is 746. The van der Waals surface area contributed by atoms with Gasteiger partial charge >= 0.3 is 0 Å². The van der Waals surface area contributed by atoms with Gasteiger partial charge in [0.15, 0.2) is 0 Å². The number of morpholine rings is 1. The Morgan fingerprint density at radius 2 is 1.84 bits per heavy atom. The summed E-state index contributed by atoms with van der Waals surface area (Å²) >= 11 is 0. The van der Waals surface area contributed by atoms with Crippen molar-refractivity contribution in [3.63, 3.8) is 0 Å². The molecule has 130 valence electrons. The Morgan fingerprint density at radius 3 is 2.60 bits per heavy atom. The summed E-state index contributed by atoms with van der Waals surface area (Å²) in [5, 5.41) is 2.72. The standard InChI is InChI=1S/C20H22N2O3/c1-15-7-5-6-10-17(15)20(24)21-13-19(23)22-11-12-25-18(14-22)16-8-3-2-4-9-16/h2-10,18H,11-14H2,1H3,(H,21,24)/t18-/m0/s1. The van der Waals surface area contributed by atoms with Crippen LogP contribution in [-0.2, 0) is 9.53 Å². The fourth-order valence-corrected chi connectivity index (χ4v) is 2.94. The van der Waals surface area contributed by atoms with E-state index in [1.165, 1.54) is 0 Å². The molecule has 5 heteroatoms. The van der Waals surface area contributed by atoms with Gasteiger partial charge in [-0.15, -0.1) is 0 Å². The van der Waals surface area contributed by atoms with Gasteiger partial charge in [0.25, 0.3) is 5.91 Å². The highest BCUT2D eigenvalue weighted by molar-refractivity contribution is 5.97. The molecule has 5 nitrogen and oxygen atoms in total. The zero-order valence-electron chi connectivity index (χ0n) is 14.3. The zero-order valence-corrected chi connectivity index (χ0v) is 14.3. The third-order valence-electron chi connectivity index (χ3n) is 4.38. The molecule has 1 N–H and O–H groups in total. The summed E-state index contributed by atoms with van der Waals surface area (Å²) in [6.07, 6.45) is -0.119. The lowest BCUT2D eigenvalue weighted by Crippen LogP contribution is -2.46. The van der Waals surface area contributed by atoms with E-state index in [1.54, 1.807) is 11.0 Å². The fourth-order valence-electron chi connectivity index (χ4n) is 2.94. The molecular weight excluding hydrogens is 316 g/mol. The summed E-state index contributed by atoms with van der Waals surface area (Å²) in [6.45, 7) is 3.42. The van der Waals surface area contributed by atoms with E-state index in [0.717, 1.165) is 11.1 Å². The number of carbonyl (C=O) groups excluding carboxylic acids is 2. The molecule has 1 fully saturated rings. The average Bonchev–Trinajstić information content (AvgIpc) is 2.67. The maximum absolute atomic E-state index is 12.5. The molecule has 1 aliphatic rings. The first-order valence-corrected chi connectivity index (χ1v) is 8.43. The van der Waals surface area contributed by atoms with Gasteiger partial charge in [-0.1, -0.05) is 48.5 Å². The van der Waals surface area contributed by atoms with E-state index >= 15 is 0 Å². The van der Waals surface area contributed by atoms with E-state index in [2.05, 4.69) is 5.32 Å². The summed E-state index contributed by atoms with van der Waals surface area (Å²) in [5.41, 5.74) is 2.55. The van der Waals surface area contributed by atoms with Crippen LogP contribution in [0.4, 0.5) is 0 Å². The third kappa shape index (κ3) is 4.25. The van der Waals surface area contributed by atoms with Gasteiger partial charge in [0.1, 0.15) is 6.10 Å². The maximum atomic E-state index is 12.5. The Labute approximate surface area is 147 Å². The molecule has 1 heterocycles. The van der Waals surface area contributed by atoms with E-state index in [1.807, 2.05) is 55.5 Å². The summed E-state index contributed by atoms with van der Waals surface area (Å²) in [4.78, 5) is 26.4. The van der Waals surface area contributed by atoms with E-state index in [-0.39, 0.29) is 24.5 Å². The van der Waals surface area contributed by atoms with Crippen LogP contribution in [0.5, 0.6) is 0 Å². The first-order valence-electron chi connectivity index (χ1n) is 8.43. The van der Waals surface area contributed by atoms with Crippen LogP contribution < -0.4 is 5.32 Å². The van der Waals surface area contributed by atoms with Gasteiger partial charge in [0.05, 0.1) is 19.7 Å². The second-order valence-corrected chi connectivity index (χ2v) is 6.11. The third-order valence-corrected chi connectivity index (χ3v) is 4.38. The van der Waals surface area contributed by atoms with Gasteiger partial charge in [-0.3, -0.25) is 9.59 Å². The average molecular weight is 338 g/mol. The van der Waals surface area contributed by atoms with E-state index < -0.39 is 0 Å². The quantitative estimate of drug-likeness (QED) is 0.931. The highest BCUT2D eigenvalue weighted by Crippen LogP contribution is 2.21. The van der Waals surface area contributed by atoms with Gasteiger partial charge in [-0.25, -0.2) is 0 Å². The Balaban J connectivity index is 1.56. The molecule has 2 amide bonds. The van der Waals surface area contributed by atoms with Gasteiger partial charge in [-0.05, 0) is 24.1 Å². The Hall–Kier alpha value is -2.66. The molecule has 0 radical (unpaired) electrons. The van der Waals surface area contributed by atoms with Crippen molar-refractivity contribution >= 4 is 11.8 Å². The maximum Gasteiger partial charge on any atom is 0.251 e. The van der Waals surface area contributed by atoms with Crippen LogP contribution in [0.2, 0.25) is 0 Å². The fraction of sp³-hybridized carbons (Fsp3) is 0.300. The van der Waals surface area contributed by atoms with Crippen molar-refractivity contribution in [1.29, 1.82) is 0 Å². The molecule has 0 aromatic heterocycles. The number of rotatable bonds is 4. The Kier molecular flexibility index (Phi) is 5.46.